The summed E-state index contributed by atoms with van der Waals surface area (Å²) in [5.74, 6) is 1.46. The zero-order valence-corrected chi connectivity index (χ0v) is 16.6. The van der Waals surface area contributed by atoms with Gasteiger partial charge in [0.1, 0.15) is 32.7 Å². The summed E-state index contributed by atoms with van der Waals surface area (Å²) >= 11 is 0. The lowest BCUT2D eigenvalue weighted by atomic mass is 10.1. The molecule has 148 valence electrons. The lowest BCUT2D eigenvalue weighted by Crippen LogP contribution is -3.29. The molecule has 4 rings (SSSR count). The molecule has 2 aliphatic rings. The number of ether oxygens (including phenoxy) is 2. The van der Waals surface area contributed by atoms with E-state index < -0.39 is 0 Å². The van der Waals surface area contributed by atoms with E-state index >= 15 is 0 Å². The molecule has 2 aliphatic heterocycles. The van der Waals surface area contributed by atoms with Gasteiger partial charge in [0.15, 0.2) is 17.5 Å². The fraction of sp³-hybridized carbons (Fsp3) is 0.409. The zero-order valence-electron chi connectivity index (χ0n) is 16.6. The Morgan fingerprint density at radius 2 is 1.86 bits per heavy atom. The molecule has 0 spiro atoms. The first-order valence-corrected chi connectivity index (χ1v) is 10.0. The SMILES string of the molecule is Cc1cccc(C[NH+]2CC[NH+]([C@@H](C)C(=O)Nc3ccc4c(c3)OCO4)CC2)c1. The molecule has 0 bridgehead atoms. The molecule has 1 fully saturated rings. The van der Waals surface area contributed by atoms with E-state index in [1.807, 2.05) is 25.1 Å². The van der Waals surface area contributed by atoms with E-state index in [1.165, 1.54) is 16.0 Å². The van der Waals surface area contributed by atoms with Crippen LogP contribution in [0.5, 0.6) is 11.5 Å². The van der Waals surface area contributed by atoms with E-state index in [-0.39, 0.29) is 18.7 Å². The molecule has 0 saturated carbocycles. The number of amides is 1. The summed E-state index contributed by atoms with van der Waals surface area (Å²) in [5, 5.41) is 3.02. The van der Waals surface area contributed by atoms with Crippen molar-refractivity contribution >= 4 is 11.6 Å². The lowest BCUT2D eigenvalue weighted by Gasteiger charge is -2.32. The van der Waals surface area contributed by atoms with Gasteiger partial charge < -0.3 is 24.6 Å². The van der Waals surface area contributed by atoms with E-state index in [4.69, 9.17) is 9.47 Å². The summed E-state index contributed by atoms with van der Waals surface area (Å²) in [7, 11) is 0. The molecule has 2 heterocycles. The van der Waals surface area contributed by atoms with Crippen molar-refractivity contribution in [2.24, 2.45) is 0 Å². The molecule has 1 atom stereocenters. The van der Waals surface area contributed by atoms with Gasteiger partial charge in [0.05, 0.1) is 0 Å². The lowest BCUT2D eigenvalue weighted by molar-refractivity contribution is -1.02. The molecule has 2 aromatic rings. The van der Waals surface area contributed by atoms with Gasteiger partial charge >= 0.3 is 0 Å². The number of aryl methyl sites for hydroxylation is 1. The Morgan fingerprint density at radius 3 is 2.64 bits per heavy atom. The number of anilines is 1. The van der Waals surface area contributed by atoms with Crippen LogP contribution in [0.1, 0.15) is 18.1 Å². The third kappa shape index (κ3) is 4.29. The number of piperazine rings is 1. The first-order chi connectivity index (χ1) is 13.6. The van der Waals surface area contributed by atoms with Crippen LogP contribution in [0.15, 0.2) is 42.5 Å². The van der Waals surface area contributed by atoms with Gasteiger partial charge in [-0.3, -0.25) is 4.79 Å². The van der Waals surface area contributed by atoms with Crippen molar-refractivity contribution in [3.63, 3.8) is 0 Å². The predicted molar refractivity (Wildman–Crippen MR) is 107 cm³/mol. The fourth-order valence-corrected chi connectivity index (χ4v) is 4.06. The Labute approximate surface area is 166 Å². The summed E-state index contributed by atoms with van der Waals surface area (Å²) in [6, 6.07) is 14.2. The molecular formula is C22H29N3O3+2. The molecule has 0 aliphatic carbocycles. The molecule has 0 aromatic heterocycles. The molecule has 28 heavy (non-hydrogen) atoms. The van der Waals surface area contributed by atoms with Gasteiger partial charge in [-0.05, 0) is 26.0 Å². The molecule has 1 saturated heterocycles. The minimum Gasteiger partial charge on any atom is -0.454 e. The summed E-state index contributed by atoms with van der Waals surface area (Å²) in [4.78, 5) is 15.7. The van der Waals surface area contributed by atoms with Crippen LogP contribution in [0.3, 0.4) is 0 Å². The van der Waals surface area contributed by atoms with Gasteiger partial charge in [-0.1, -0.05) is 29.8 Å². The topological polar surface area (TPSA) is 56.4 Å². The molecule has 0 radical (unpaired) electrons. The maximum atomic E-state index is 12.7. The first-order valence-electron chi connectivity index (χ1n) is 10.0. The van der Waals surface area contributed by atoms with Crippen molar-refractivity contribution in [1.29, 1.82) is 0 Å². The van der Waals surface area contributed by atoms with Crippen LogP contribution < -0.4 is 24.6 Å². The van der Waals surface area contributed by atoms with E-state index in [2.05, 4.69) is 36.5 Å². The molecule has 0 unspecified atom stereocenters. The first kappa shape index (κ1) is 18.8. The average molecular weight is 383 g/mol. The highest BCUT2D eigenvalue weighted by Gasteiger charge is 2.31. The van der Waals surface area contributed by atoms with Crippen molar-refractivity contribution in [2.75, 3.05) is 38.3 Å². The number of benzene rings is 2. The molecule has 2 aromatic carbocycles. The highest BCUT2D eigenvalue weighted by atomic mass is 16.7. The van der Waals surface area contributed by atoms with Crippen molar-refractivity contribution < 1.29 is 24.1 Å². The summed E-state index contributed by atoms with van der Waals surface area (Å²) in [6.07, 6.45) is 0. The van der Waals surface area contributed by atoms with Gasteiger partial charge in [-0.15, -0.1) is 0 Å². The van der Waals surface area contributed by atoms with Crippen LogP contribution >= 0.6 is 0 Å². The third-order valence-corrected chi connectivity index (χ3v) is 5.78. The minimum absolute atomic E-state index is 0.0519. The Hall–Kier alpha value is -2.57. The second-order valence-electron chi connectivity index (χ2n) is 7.85. The number of rotatable bonds is 5. The van der Waals surface area contributed by atoms with Crippen LogP contribution in [-0.2, 0) is 11.3 Å². The highest BCUT2D eigenvalue weighted by molar-refractivity contribution is 5.93. The predicted octanol–water partition coefficient (Wildman–Crippen LogP) is 0.0343. The Morgan fingerprint density at radius 1 is 1.07 bits per heavy atom. The molecule has 6 nitrogen and oxygen atoms in total. The van der Waals surface area contributed by atoms with Gasteiger partial charge in [-0.25, -0.2) is 0 Å². The number of fused-ring (bicyclic) bond motifs is 1. The van der Waals surface area contributed by atoms with Gasteiger partial charge in [-0.2, -0.15) is 0 Å². The van der Waals surface area contributed by atoms with Crippen LogP contribution in [0.25, 0.3) is 0 Å². The molecule has 1 amide bonds. The normalized spacial score (nSPS) is 21.9. The second kappa shape index (κ2) is 8.20. The average Bonchev–Trinajstić information content (AvgIpc) is 3.16. The minimum atomic E-state index is -0.0778. The second-order valence-corrected chi connectivity index (χ2v) is 7.85. The van der Waals surface area contributed by atoms with Crippen LogP contribution in [0.2, 0.25) is 0 Å². The zero-order chi connectivity index (χ0) is 19.5. The summed E-state index contributed by atoms with van der Waals surface area (Å²) < 4.78 is 10.7. The Balaban J connectivity index is 1.28. The molecule has 6 heteroatoms. The van der Waals surface area contributed by atoms with Crippen molar-refractivity contribution in [3.05, 3.63) is 53.6 Å². The number of carbonyl (C=O) groups excluding carboxylic acids is 1. The standard InChI is InChI=1S/C22H27N3O3/c1-16-4-3-5-18(12-16)14-24-8-10-25(11-9-24)17(2)22(26)23-19-6-7-20-21(13-19)28-15-27-20/h3-7,12-13,17H,8-11,14-15H2,1-2H3,(H,23,26)/p+2/t17-/m0/s1. The number of nitrogens with one attached hydrogen (secondary N) is 3. The maximum Gasteiger partial charge on any atom is 0.282 e. The third-order valence-electron chi connectivity index (χ3n) is 5.78. The van der Waals surface area contributed by atoms with E-state index in [0.717, 1.165) is 44.2 Å². The maximum absolute atomic E-state index is 12.7. The van der Waals surface area contributed by atoms with Crippen LogP contribution in [0.4, 0.5) is 5.69 Å². The fourth-order valence-electron chi connectivity index (χ4n) is 4.06. The highest BCUT2D eigenvalue weighted by Crippen LogP contribution is 2.34. The van der Waals surface area contributed by atoms with Gasteiger partial charge in [0, 0.05) is 17.3 Å². The number of carbonyl (C=O) groups is 1. The van der Waals surface area contributed by atoms with Gasteiger partial charge in [0.2, 0.25) is 6.79 Å². The van der Waals surface area contributed by atoms with Crippen molar-refractivity contribution in [3.8, 4) is 11.5 Å². The summed E-state index contributed by atoms with van der Waals surface area (Å²) in [6.45, 7) is 9.66. The van der Waals surface area contributed by atoms with E-state index in [1.54, 1.807) is 4.90 Å². The van der Waals surface area contributed by atoms with E-state index in [0.29, 0.717) is 5.75 Å². The number of hydrogen-bond acceptors (Lipinski definition) is 3. The van der Waals surface area contributed by atoms with E-state index in [9.17, 15) is 4.79 Å². The quantitative estimate of drug-likeness (QED) is 0.683. The Bertz CT molecular complexity index is 847. The number of quaternary nitrogens is 2. The smallest absolute Gasteiger partial charge is 0.282 e. The summed E-state index contributed by atoms with van der Waals surface area (Å²) in [5.41, 5.74) is 3.46. The van der Waals surface area contributed by atoms with Crippen molar-refractivity contribution in [1.82, 2.24) is 0 Å². The van der Waals surface area contributed by atoms with Crippen LogP contribution in [-0.4, -0.2) is 44.9 Å². The largest absolute Gasteiger partial charge is 0.454 e. The van der Waals surface area contributed by atoms with Crippen molar-refractivity contribution in [2.45, 2.75) is 26.4 Å². The molecule has 3 N–H and O–H groups in total. The molecular weight excluding hydrogens is 354 g/mol. The monoisotopic (exact) mass is 383 g/mol. The van der Waals surface area contributed by atoms with Crippen LogP contribution in [0, 0.1) is 6.92 Å². The van der Waals surface area contributed by atoms with Gasteiger partial charge in [0.25, 0.3) is 5.91 Å². The number of hydrogen-bond donors (Lipinski definition) is 3. The Kier molecular flexibility index (Phi) is 5.50.